The van der Waals surface area contributed by atoms with Gasteiger partial charge in [0.25, 0.3) is 0 Å². The number of aromatic nitrogens is 2. The predicted molar refractivity (Wildman–Crippen MR) is 83.9 cm³/mol. The maximum absolute atomic E-state index is 8.97. The summed E-state index contributed by atoms with van der Waals surface area (Å²) in [6, 6.07) is 9.19. The SMILES string of the molecule is CCNc1cc(Oc2cc(C#N)ccc2C)nc(SC)n1. The van der Waals surface area contributed by atoms with E-state index >= 15 is 0 Å². The first-order valence-corrected chi connectivity index (χ1v) is 7.74. The van der Waals surface area contributed by atoms with Crippen molar-refractivity contribution >= 4 is 17.6 Å². The van der Waals surface area contributed by atoms with E-state index in [0.717, 1.165) is 17.9 Å². The topological polar surface area (TPSA) is 70.8 Å². The maximum Gasteiger partial charge on any atom is 0.225 e. The number of aryl methyl sites for hydroxylation is 1. The molecule has 0 aliphatic carbocycles. The van der Waals surface area contributed by atoms with Gasteiger partial charge >= 0.3 is 0 Å². The molecular weight excluding hydrogens is 284 g/mol. The van der Waals surface area contributed by atoms with Gasteiger partial charge in [-0.15, -0.1) is 0 Å². The second-order valence-electron chi connectivity index (χ2n) is 4.30. The molecule has 0 aliphatic rings. The molecule has 108 valence electrons. The lowest BCUT2D eigenvalue weighted by Crippen LogP contribution is -2.02. The molecule has 0 radical (unpaired) electrons. The molecule has 1 heterocycles. The molecule has 1 N–H and O–H groups in total. The van der Waals surface area contributed by atoms with Crippen LogP contribution < -0.4 is 10.1 Å². The minimum atomic E-state index is 0.462. The zero-order chi connectivity index (χ0) is 15.2. The van der Waals surface area contributed by atoms with E-state index in [4.69, 9.17) is 10.00 Å². The Bertz CT molecular complexity index is 682. The lowest BCUT2D eigenvalue weighted by Gasteiger charge is -2.10. The molecule has 0 unspecified atom stereocenters. The Labute approximate surface area is 128 Å². The number of hydrogen-bond acceptors (Lipinski definition) is 6. The van der Waals surface area contributed by atoms with Crippen molar-refractivity contribution in [2.45, 2.75) is 19.0 Å². The van der Waals surface area contributed by atoms with Gasteiger partial charge in [0.05, 0.1) is 11.6 Å². The summed E-state index contributed by atoms with van der Waals surface area (Å²) in [5, 5.41) is 12.8. The van der Waals surface area contributed by atoms with E-state index < -0.39 is 0 Å². The van der Waals surface area contributed by atoms with Crippen LogP contribution in [0.25, 0.3) is 0 Å². The largest absolute Gasteiger partial charge is 0.438 e. The van der Waals surface area contributed by atoms with Gasteiger partial charge in [0, 0.05) is 12.6 Å². The number of benzene rings is 1. The Hall–Kier alpha value is -2.26. The number of hydrogen-bond donors (Lipinski definition) is 1. The van der Waals surface area contributed by atoms with Crippen molar-refractivity contribution in [2.75, 3.05) is 18.1 Å². The van der Waals surface area contributed by atoms with Crippen LogP contribution in [0.5, 0.6) is 11.6 Å². The highest BCUT2D eigenvalue weighted by molar-refractivity contribution is 7.98. The number of anilines is 1. The van der Waals surface area contributed by atoms with E-state index in [-0.39, 0.29) is 0 Å². The first kappa shape index (κ1) is 15.1. The average Bonchev–Trinajstić information content (AvgIpc) is 2.49. The second kappa shape index (κ2) is 6.95. The summed E-state index contributed by atoms with van der Waals surface area (Å²) in [5.74, 6) is 1.81. The molecule has 0 atom stereocenters. The van der Waals surface area contributed by atoms with Gasteiger partial charge in [-0.25, -0.2) is 4.98 Å². The average molecular weight is 300 g/mol. The highest BCUT2D eigenvalue weighted by Crippen LogP contribution is 2.27. The molecule has 1 aromatic carbocycles. The molecule has 0 saturated carbocycles. The van der Waals surface area contributed by atoms with Gasteiger partial charge in [-0.2, -0.15) is 10.2 Å². The quantitative estimate of drug-likeness (QED) is 0.672. The number of nitrogens with zero attached hydrogens (tertiary/aromatic N) is 3. The van der Waals surface area contributed by atoms with Crippen LogP contribution in [0.4, 0.5) is 5.82 Å². The van der Waals surface area contributed by atoms with Crippen LogP contribution in [-0.4, -0.2) is 22.8 Å². The van der Waals surface area contributed by atoms with E-state index in [1.54, 1.807) is 18.2 Å². The number of thioether (sulfide) groups is 1. The lowest BCUT2D eigenvalue weighted by atomic mass is 10.1. The molecule has 0 bridgehead atoms. The van der Waals surface area contributed by atoms with Gasteiger partial charge < -0.3 is 10.1 Å². The van der Waals surface area contributed by atoms with Crippen molar-refractivity contribution in [3.05, 3.63) is 35.4 Å². The Kier molecular flexibility index (Phi) is 5.01. The molecule has 0 fully saturated rings. The number of nitrogens with one attached hydrogen (secondary N) is 1. The Morgan fingerprint density at radius 2 is 2.14 bits per heavy atom. The fourth-order valence-corrected chi connectivity index (χ4v) is 2.08. The number of rotatable bonds is 5. The van der Waals surface area contributed by atoms with Gasteiger partial charge in [-0.05, 0) is 37.8 Å². The molecule has 0 aliphatic heterocycles. The van der Waals surface area contributed by atoms with Crippen LogP contribution in [0.1, 0.15) is 18.1 Å². The third-order valence-electron chi connectivity index (χ3n) is 2.75. The minimum Gasteiger partial charge on any atom is -0.438 e. The smallest absolute Gasteiger partial charge is 0.225 e. The molecule has 0 saturated heterocycles. The zero-order valence-corrected chi connectivity index (χ0v) is 13.0. The van der Waals surface area contributed by atoms with E-state index in [1.165, 1.54) is 11.8 Å². The molecular formula is C15H16N4OS. The minimum absolute atomic E-state index is 0.462. The van der Waals surface area contributed by atoms with Crippen molar-refractivity contribution in [3.63, 3.8) is 0 Å². The van der Waals surface area contributed by atoms with Crippen molar-refractivity contribution in [1.82, 2.24) is 9.97 Å². The van der Waals surface area contributed by atoms with Gasteiger partial charge in [0.2, 0.25) is 5.88 Å². The Morgan fingerprint density at radius 3 is 2.81 bits per heavy atom. The summed E-state index contributed by atoms with van der Waals surface area (Å²) in [6.07, 6.45) is 1.91. The van der Waals surface area contributed by atoms with Gasteiger partial charge in [-0.3, -0.25) is 0 Å². The molecule has 0 spiro atoms. The molecule has 21 heavy (non-hydrogen) atoms. The number of ether oxygens (including phenoxy) is 1. The van der Waals surface area contributed by atoms with Crippen LogP contribution in [-0.2, 0) is 0 Å². The summed E-state index contributed by atoms with van der Waals surface area (Å²) in [6.45, 7) is 4.70. The lowest BCUT2D eigenvalue weighted by molar-refractivity contribution is 0.452. The summed E-state index contributed by atoms with van der Waals surface area (Å²) in [7, 11) is 0. The van der Waals surface area contributed by atoms with E-state index in [1.807, 2.05) is 26.2 Å². The highest BCUT2D eigenvalue weighted by atomic mass is 32.2. The fraction of sp³-hybridized carbons (Fsp3) is 0.267. The van der Waals surface area contributed by atoms with Crippen LogP contribution in [0.3, 0.4) is 0 Å². The summed E-state index contributed by atoms with van der Waals surface area (Å²) >= 11 is 1.45. The summed E-state index contributed by atoms with van der Waals surface area (Å²) in [5.41, 5.74) is 1.50. The highest BCUT2D eigenvalue weighted by Gasteiger charge is 2.08. The summed E-state index contributed by atoms with van der Waals surface area (Å²) in [4.78, 5) is 8.68. The molecule has 2 aromatic rings. The van der Waals surface area contributed by atoms with Crippen LogP contribution in [0.2, 0.25) is 0 Å². The Morgan fingerprint density at radius 1 is 1.33 bits per heavy atom. The normalized spacial score (nSPS) is 10.0. The monoisotopic (exact) mass is 300 g/mol. The third kappa shape index (κ3) is 3.86. The van der Waals surface area contributed by atoms with Crippen LogP contribution in [0.15, 0.2) is 29.4 Å². The van der Waals surface area contributed by atoms with Crippen molar-refractivity contribution in [2.24, 2.45) is 0 Å². The predicted octanol–water partition coefficient (Wildman–Crippen LogP) is 3.60. The van der Waals surface area contributed by atoms with Crippen LogP contribution in [0, 0.1) is 18.3 Å². The first-order chi connectivity index (χ1) is 10.2. The van der Waals surface area contributed by atoms with E-state index in [9.17, 15) is 0 Å². The van der Waals surface area contributed by atoms with Crippen molar-refractivity contribution in [3.8, 4) is 17.7 Å². The van der Waals surface area contributed by atoms with E-state index in [0.29, 0.717) is 22.3 Å². The van der Waals surface area contributed by atoms with Crippen molar-refractivity contribution < 1.29 is 4.74 Å². The molecule has 6 heteroatoms. The van der Waals surface area contributed by atoms with Gasteiger partial charge in [0.1, 0.15) is 11.6 Å². The van der Waals surface area contributed by atoms with E-state index in [2.05, 4.69) is 21.4 Å². The fourth-order valence-electron chi connectivity index (χ4n) is 1.71. The molecule has 5 nitrogen and oxygen atoms in total. The Balaban J connectivity index is 2.34. The number of nitriles is 1. The molecule has 2 rings (SSSR count). The van der Waals surface area contributed by atoms with Gasteiger partial charge in [0.15, 0.2) is 5.16 Å². The van der Waals surface area contributed by atoms with Crippen molar-refractivity contribution in [1.29, 1.82) is 5.26 Å². The summed E-state index contributed by atoms with van der Waals surface area (Å²) < 4.78 is 5.83. The zero-order valence-electron chi connectivity index (χ0n) is 12.2. The third-order valence-corrected chi connectivity index (χ3v) is 3.30. The van der Waals surface area contributed by atoms with Crippen LogP contribution >= 0.6 is 11.8 Å². The molecule has 0 amide bonds. The standard InChI is InChI=1S/C15H16N4OS/c1-4-17-13-8-14(19-15(18-13)21-3)20-12-7-11(9-16)6-5-10(12)2/h5-8H,4H2,1-3H3,(H,17,18,19). The van der Waals surface area contributed by atoms with Gasteiger partial charge in [-0.1, -0.05) is 17.8 Å². The second-order valence-corrected chi connectivity index (χ2v) is 5.08. The maximum atomic E-state index is 8.97. The molecule has 1 aromatic heterocycles. The first-order valence-electron chi connectivity index (χ1n) is 6.51.